The minimum atomic E-state index is 0.726. The first kappa shape index (κ1) is 15.6. The van der Waals surface area contributed by atoms with Crippen LogP contribution in [0.4, 0.5) is 5.69 Å². The molecule has 1 saturated heterocycles. The van der Waals surface area contributed by atoms with Crippen LogP contribution >= 0.6 is 23.8 Å². The minimum absolute atomic E-state index is 0.726. The van der Waals surface area contributed by atoms with Gasteiger partial charge in [-0.25, -0.2) is 4.68 Å². The van der Waals surface area contributed by atoms with Gasteiger partial charge in [0.1, 0.15) is 0 Å². The lowest BCUT2D eigenvalue weighted by Gasteiger charge is -2.35. The zero-order valence-electron chi connectivity index (χ0n) is 13.2. The second-order valence-electron chi connectivity index (χ2n) is 5.94. The highest BCUT2D eigenvalue weighted by atomic mass is 35.5. The Labute approximate surface area is 150 Å². The monoisotopic (exact) mass is 359 g/mol. The van der Waals surface area contributed by atoms with Crippen molar-refractivity contribution in [1.82, 2.24) is 19.1 Å². The summed E-state index contributed by atoms with van der Waals surface area (Å²) in [4.78, 5) is 4.74. The molecule has 0 aliphatic carbocycles. The molecule has 0 atom stereocenters. The van der Waals surface area contributed by atoms with Crippen LogP contribution in [0.5, 0.6) is 0 Å². The molecule has 3 heterocycles. The smallest absolute Gasteiger partial charge is 0.203 e. The highest BCUT2D eigenvalue weighted by Gasteiger charge is 2.18. The fraction of sp³-hybridized carbons (Fsp3) is 0.294. The maximum absolute atomic E-state index is 6.09. The van der Waals surface area contributed by atoms with Crippen LogP contribution < -0.4 is 4.90 Å². The number of rotatable bonds is 3. The van der Waals surface area contributed by atoms with Gasteiger partial charge in [-0.1, -0.05) is 23.7 Å². The van der Waals surface area contributed by atoms with Crippen molar-refractivity contribution in [1.29, 1.82) is 0 Å². The van der Waals surface area contributed by atoms with E-state index in [0.29, 0.717) is 0 Å². The van der Waals surface area contributed by atoms with Gasteiger partial charge in [-0.05, 0) is 42.5 Å². The third kappa shape index (κ3) is 3.05. The van der Waals surface area contributed by atoms with Gasteiger partial charge in [0.25, 0.3) is 0 Å². The van der Waals surface area contributed by atoms with Crippen LogP contribution in [0.2, 0.25) is 5.02 Å². The SMILES string of the molecule is S=c1n(CN2CCN(c3cccc(Cl)c3)CC2)nc2ccccn12. The molecule has 3 aromatic rings. The molecule has 1 aliphatic rings. The maximum atomic E-state index is 6.09. The van der Waals surface area contributed by atoms with Crippen LogP contribution in [-0.4, -0.2) is 45.3 Å². The Bertz CT molecular complexity index is 910. The van der Waals surface area contributed by atoms with Crippen molar-refractivity contribution < 1.29 is 0 Å². The normalized spacial score (nSPS) is 16.0. The van der Waals surface area contributed by atoms with Crippen LogP contribution in [-0.2, 0) is 6.67 Å². The Morgan fingerprint density at radius 2 is 1.88 bits per heavy atom. The first-order chi connectivity index (χ1) is 11.7. The largest absolute Gasteiger partial charge is 0.369 e. The van der Waals surface area contributed by atoms with Gasteiger partial charge in [0, 0.05) is 43.1 Å². The van der Waals surface area contributed by atoms with Gasteiger partial charge >= 0.3 is 0 Å². The Morgan fingerprint density at radius 1 is 1.04 bits per heavy atom. The molecule has 7 heteroatoms. The molecule has 0 saturated carbocycles. The summed E-state index contributed by atoms with van der Waals surface area (Å²) >= 11 is 11.6. The average Bonchev–Trinajstić information content (AvgIpc) is 2.92. The topological polar surface area (TPSA) is 28.7 Å². The summed E-state index contributed by atoms with van der Waals surface area (Å²) in [5, 5.41) is 5.38. The Hall–Kier alpha value is -1.89. The number of anilines is 1. The molecule has 5 nitrogen and oxygen atoms in total. The van der Waals surface area contributed by atoms with Gasteiger partial charge < -0.3 is 4.90 Å². The predicted molar refractivity (Wildman–Crippen MR) is 99.3 cm³/mol. The van der Waals surface area contributed by atoms with Gasteiger partial charge in [0.05, 0.1) is 6.67 Å². The molecule has 1 aromatic carbocycles. The molecule has 124 valence electrons. The second-order valence-corrected chi connectivity index (χ2v) is 6.74. The minimum Gasteiger partial charge on any atom is -0.369 e. The summed E-state index contributed by atoms with van der Waals surface area (Å²) in [5.74, 6) is 0. The number of hydrogen-bond acceptors (Lipinski definition) is 4. The molecular weight excluding hydrogens is 342 g/mol. The second kappa shape index (κ2) is 6.55. The molecule has 4 rings (SSSR count). The molecule has 0 N–H and O–H groups in total. The number of piperazine rings is 1. The highest BCUT2D eigenvalue weighted by Crippen LogP contribution is 2.21. The summed E-state index contributed by atoms with van der Waals surface area (Å²) in [6.07, 6.45) is 1.96. The lowest BCUT2D eigenvalue weighted by atomic mass is 10.2. The number of pyridine rings is 1. The van der Waals surface area contributed by atoms with Crippen molar-refractivity contribution in [2.75, 3.05) is 31.1 Å². The van der Waals surface area contributed by atoms with E-state index in [2.05, 4.69) is 21.0 Å². The van der Waals surface area contributed by atoms with Crippen LogP contribution in [0.25, 0.3) is 5.65 Å². The highest BCUT2D eigenvalue weighted by molar-refractivity contribution is 7.71. The average molecular weight is 360 g/mol. The third-order valence-corrected chi connectivity index (χ3v) is 5.01. The maximum Gasteiger partial charge on any atom is 0.203 e. The van der Waals surface area contributed by atoms with Crippen molar-refractivity contribution >= 4 is 35.2 Å². The summed E-state index contributed by atoms with van der Waals surface area (Å²) in [6, 6.07) is 14.0. The fourth-order valence-corrected chi connectivity index (χ4v) is 3.51. The van der Waals surface area contributed by atoms with Crippen LogP contribution in [0.1, 0.15) is 0 Å². The van der Waals surface area contributed by atoms with Crippen molar-refractivity contribution in [2.24, 2.45) is 0 Å². The van der Waals surface area contributed by atoms with Gasteiger partial charge in [0.2, 0.25) is 4.77 Å². The van der Waals surface area contributed by atoms with Gasteiger partial charge in [-0.15, -0.1) is 0 Å². The van der Waals surface area contributed by atoms with Gasteiger partial charge in [0.15, 0.2) is 5.65 Å². The van der Waals surface area contributed by atoms with Crippen molar-refractivity contribution in [3.8, 4) is 0 Å². The summed E-state index contributed by atoms with van der Waals surface area (Å²) < 4.78 is 4.58. The molecule has 1 fully saturated rings. The fourth-order valence-electron chi connectivity index (χ4n) is 3.07. The number of benzene rings is 1. The number of nitrogens with zero attached hydrogens (tertiary/aromatic N) is 5. The Kier molecular flexibility index (Phi) is 4.26. The molecule has 2 aromatic heterocycles. The number of halogens is 1. The zero-order valence-corrected chi connectivity index (χ0v) is 14.7. The molecule has 0 unspecified atom stereocenters. The molecule has 24 heavy (non-hydrogen) atoms. The number of hydrogen-bond donors (Lipinski definition) is 0. The van der Waals surface area contributed by atoms with E-state index in [4.69, 9.17) is 23.8 Å². The van der Waals surface area contributed by atoms with Crippen molar-refractivity contribution in [2.45, 2.75) is 6.67 Å². The molecule has 0 bridgehead atoms. The summed E-state index contributed by atoms with van der Waals surface area (Å²) in [6.45, 7) is 4.62. The number of fused-ring (bicyclic) bond motifs is 1. The Morgan fingerprint density at radius 3 is 2.62 bits per heavy atom. The van der Waals surface area contributed by atoms with Crippen molar-refractivity contribution in [3.63, 3.8) is 0 Å². The van der Waals surface area contributed by atoms with E-state index in [1.165, 1.54) is 5.69 Å². The van der Waals surface area contributed by atoms with E-state index in [-0.39, 0.29) is 0 Å². The lowest BCUT2D eigenvalue weighted by Crippen LogP contribution is -2.47. The van der Waals surface area contributed by atoms with E-state index in [1.54, 1.807) is 0 Å². The first-order valence-electron chi connectivity index (χ1n) is 7.98. The lowest BCUT2D eigenvalue weighted by molar-refractivity contribution is 0.195. The first-order valence-corrected chi connectivity index (χ1v) is 8.76. The van der Waals surface area contributed by atoms with E-state index in [0.717, 1.165) is 48.3 Å². The van der Waals surface area contributed by atoms with Crippen LogP contribution in [0.3, 0.4) is 0 Å². The summed E-state index contributed by atoms with van der Waals surface area (Å²) in [5.41, 5.74) is 2.08. The molecule has 0 amide bonds. The standard InChI is InChI=1S/C17H18ClN5S/c18-14-4-3-5-15(12-14)21-10-8-20(9-11-21)13-23-17(24)22-7-2-1-6-16(22)19-23/h1-7,12H,8-11,13H2. The number of aromatic nitrogens is 3. The van der Waals surface area contributed by atoms with Gasteiger partial charge in [-0.2, -0.15) is 5.10 Å². The van der Waals surface area contributed by atoms with Gasteiger partial charge in [-0.3, -0.25) is 9.30 Å². The van der Waals surface area contributed by atoms with Crippen molar-refractivity contribution in [3.05, 3.63) is 58.5 Å². The zero-order chi connectivity index (χ0) is 16.5. The molecule has 0 spiro atoms. The quantitative estimate of drug-likeness (QED) is 0.671. The third-order valence-electron chi connectivity index (χ3n) is 4.37. The van der Waals surface area contributed by atoms with Crippen LogP contribution in [0, 0.1) is 4.77 Å². The molecular formula is C17H18ClN5S. The van der Waals surface area contributed by atoms with E-state index >= 15 is 0 Å². The molecule has 0 radical (unpaired) electrons. The van der Waals surface area contributed by atoms with Crippen LogP contribution in [0.15, 0.2) is 48.7 Å². The molecule has 1 aliphatic heterocycles. The van der Waals surface area contributed by atoms with E-state index < -0.39 is 0 Å². The summed E-state index contributed by atoms with van der Waals surface area (Å²) in [7, 11) is 0. The predicted octanol–water partition coefficient (Wildman–Crippen LogP) is 3.30. The Balaban J connectivity index is 1.44. The van der Waals surface area contributed by atoms with E-state index in [9.17, 15) is 0 Å². The van der Waals surface area contributed by atoms with E-state index in [1.807, 2.05) is 51.7 Å².